The van der Waals surface area contributed by atoms with Gasteiger partial charge >= 0.3 is 5.97 Å². The summed E-state index contributed by atoms with van der Waals surface area (Å²) in [5, 5.41) is 2.92. The zero-order valence-electron chi connectivity index (χ0n) is 18.1. The molecule has 2 aliphatic carbocycles. The van der Waals surface area contributed by atoms with E-state index in [1.807, 2.05) is 54.6 Å². The Kier molecular flexibility index (Phi) is 6.51. The van der Waals surface area contributed by atoms with Crippen molar-refractivity contribution in [2.45, 2.75) is 36.2 Å². The third-order valence-electron chi connectivity index (χ3n) is 7.08. The molecule has 1 heterocycles. The Morgan fingerprint density at radius 1 is 0.938 bits per heavy atom. The van der Waals surface area contributed by atoms with Crippen molar-refractivity contribution in [1.29, 1.82) is 0 Å². The summed E-state index contributed by atoms with van der Waals surface area (Å²) in [7, 11) is 0. The van der Waals surface area contributed by atoms with Gasteiger partial charge in [-0.05, 0) is 49.1 Å². The molecule has 2 aromatic carbocycles. The van der Waals surface area contributed by atoms with Gasteiger partial charge in [-0.3, -0.25) is 9.59 Å². The van der Waals surface area contributed by atoms with E-state index < -0.39 is 0 Å². The maximum absolute atomic E-state index is 12.9. The number of hydrogen-bond donors (Lipinski definition) is 1. The van der Waals surface area contributed by atoms with E-state index in [0.717, 1.165) is 29.7 Å². The van der Waals surface area contributed by atoms with Crippen LogP contribution in [0.1, 0.15) is 32.1 Å². The van der Waals surface area contributed by atoms with Crippen molar-refractivity contribution in [3.63, 3.8) is 0 Å². The second kappa shape index (κ2) is 9.52. The van der Waals surface area contributed by atoms with Crippen LogP contribution in [0.5, 0.6) is 0 Å². The Bertz CT molecular complexity index is 958. The molecule has 1 aliphatic heterocycles. The molecule has 168 valence electrons. The van der Waals surface area contributed by atoms with Gasteiger partial charge in [-0.2, -0.15) is 0 Å². The fraction of sp³-hybridized carbons (Fsp3) is 0.462. The number of nitrogens with one attached hydrogen (secondary N) is 1. The zero-order chi connectivity index (χ0) is 22.0. The standard InChI is InChI=1S/C26H29NO3S2/c28-24(27-23-12-5-4-11-22(23)18-7-2-1-3-8-18)17-30-25(29)19-15-20-9-6-10-21(16-19)26(20)31-13-14-32-26/h1-5,7-8,11-12,19-21H,6,9-10,13-17H2,(H,27,28). The number of amides is 1. The predicted octanol–water partition coefficient (Wildman–Crippen LogP) is 5.84. The second-order valence-electron chi connectivity index (χ2n) is 8.98. The molecule has 2 bridgehead atoms. The van der Waals surface area contributed by atoms with E-state index in [0.29, 0.717) is 15.9 Å². The van der Waals surface area contributed by atoms with Gasteiger partial charge in [0.05, 0.1) is 10.00 Å². The van der Waals surface area contributed by atoms with E-state index >= 15 is 0 Å². The van der Waals surface area contributed by atoms with Gasteiger partial charge in [0.15, 0.2) is 6.61 Å². The lowest BCUT2D eigenvalue weighted by Crippen LogP contribution is -2.48. The van der Waals surface area contributed by atoms with Crippen LogP contribution in [0.15, 0.2) is 54.6 Å². The van der Waals surface area contributed by atoms with Gasteiger partial charge in [0.1, 0.15) is 0 Å². The summed E-state index contributed by atoms with van der Waals surface area (Å²) in [4.78, 5) is 25.5. The largest absolute Gasteiger partial charge is 0.455 e. The lowest BCUT2D eigenvalue weighted by Gasteiger charge is -2.51. The highest BCUT2D eigenvalue weighted by Crippen LogP contribution is 2.64. The van der Waals surface area contributed by atoms with Crippen molar-refractivity contribution >= 4 is 41.1 Å². The molecule has 2 saturated carbocycles. The number of esters is 1. The summed E-state index contributed by atoms with van der Waals surface area (Å²) in [6.07, 6.45) is 5.54. The second-order valence-corrected chi connectivity index (χ2v) is 12.0. The SMILES string of the molecule is O=C(COC(=O)C1CC2CCCC(C1)C21SCCS1)Nc1ccccc1-c1ccccc1. The number of para-hydroxylation sites is 1. The predicted molar refractivity (Wildman–Crippen MR) is 133 cm³/mol. The van der Waals surface area contributed by atoms with Gasteiger partial charge in [-0.25, -0.2) is 0 Å². The minimum Gasteiger partial charge on any atom is -0.455 e. The maximum Gasteiger partial charge on any atom is 0.309 e. The lowest BCUT2D eigenvalue weighted by molar-refractivity contribution is -0.154. The molecule has 3 aliphatic rings. The van der Waals surface area contributed by atoms with E-state index in [2.05, 4.69) is 28.8 Å². The Hall–Kier alpha value is -1.92. The van der Waals surface area contributed by atoms with Crippen LogP contribution in [0, 0.1) is 17.8 Å². The first-order chi connectivity index (χ1) is 15.7. The lowest BCUT2D eigenvalue weighted by atomic mass is 9.67. The Morgan fingerprint density at radius 2 is 1.59 bits per heavy atom. The first kappa shape index (κ1) is 21.9. The molecule has 3 fully saturated rings. The number of rotatable bonds is 5. The molecule has 1 spiro atoms. The van der Waals surface area contributed by atoms with Crippen molar-refractivity contribution < 1.29 is 14.3 Å². The topological polar surface area (TPSA) is 55.4 Å². The van der Waals surface area contributed by atoms with Crippen molar-refractivity contribution in [2.24, 2.45) is 17.8 Å². The Morgan fingerprint density at radius 3 is 2.31 bits per heavy atom. The molecule has 1 amide bonds. The van der Waals surface area contributed by atoms with Crippen LogP contribution in [-0.2, 0) is 14.3 Å². The molecule has 5 rings (SSSR count). The molecule has 0 radical (unpaired) electrons. The summed E-state index contributed by atoms with van der Waals surface area (Å²) >= 11 is 4.27. The molecule has 2 atom stereocenters. The summed E-state index contributed by atoms with van der Waals surface area (Å²) < 4.78 is 5.85. The van der Waals surface area contributed by atoms with Gasteiger partial charge in [0.2, 0.25) is 0 Å². The van der Waals surface area contributed by atoms with Crippen molar-refractivity contribution in [3.8, 4) is 11.1 Å². The van der Waals surface area contributed by atoms with Crippen molar-refractivity contribution in [2.75, 3.05) is 23.4 Å². The van der Waals surface area contributed by atoms with Gasteiger partial charge in [0.25, 0.3) is 5.91 Å². The fourth-order valence-electron chi connectivity index (χ4n) is 5.70. The van der Waals surface area contributed by atoms with Gasteiger partial charge in [0, 0.05) is 22.8 Å². The zero-order valence-corrected chi connectivity index (χ0v) is 19.8. The summed E-state index contributed by atoms with van der Waals surface area (Å²) in [5.74, 6) is 3.09. The van der Waals surface area contributed by atoms with Crippen LogP contribution in [0.2, 0.25) is 0 Å². The van der Waals surface area contributed by atoms with Gasteiger partial charge < -0.3 is 10.1 Å². The molecule has 2 aromatic rings. The van der Waals surface area contributed by atoms with Crippen LogP contribution < -0.4 is 5.32 Å². The third-order valence-corrected chi connectivity index (χ3v) is 11.1. The van der Waals surface area contributed by atoms with Crippen LogP contribution in [0.25, 0.3) is 11.1 Å². The van der Waals surface area contributed by atoms with Crippen molar-refractivity contribution in [3.05, 3.63) is 54.6 Å². The van der Waals surface area contributed by atoms with Gasteiger partial charge in [-0.1, -0.05) is 55.0 Å². The molecule has 32 heavy (non-hydrogen) atoms. The molecule has 1 saturated heterocycles. The molecule has 6 heteroatoms. The van der Waals surface area contributed by atoms with Crippen LogP contribution in [-0.4, -0.2) is 34.1 Å². The number of anilines is 1. The average Bonchev–Trinajstić information content (AvgIpc) is 3.28. The number of ether oxygens (including phenoxy) is 1. The van der Waals surface area contributed by atoms with E-state index in [1.54, 1.807) is 0 Å². The maximum atomic E-state index is 12.9. The number of thioether (sulfide) groups is 2. The minimum atomic E-state index is -0.295. The smallest absolute Gasteiger partial charge is 0.309 e. The summed E-state index contributed by atoms with van der Waals surface area (Å²) in [6.45, 7) is -0.234. The molecule has 2 unspecified atom stereocenters. The monoisotopic (exact) mass is 467 g/mol. The molecular formula is C26H29NO3S2. The summed E-state index contributed by atoms with van der Waals surface area (Å²) in [5.41, 5.74) is 2.71. The normalized spacial score (nSPS) is 25.9. The van der Waals surface area contributed by atoms with Crippen LogP contribution in [0.4, 0.5) is 5.69 Å². The number of hydrogen-bond acceptors (Lipinski definition) is 5. The first-order valence-corrected chi connectivity index (χ1v) is 13.5. The van der Waals surface area contributed by atoms with E-state index in [9.17, 15) is 9.59 Å². The molecule has 1 N–H and O–H groups in total. The third kappa shape index (κ3) is 4.32. The van der Waals surface area contributed by atoms with Crippen LogP contribution in [0.3, 0.4) is 0 Å². The highest BCUT2D eigenvalue weighted by molar-refractivity contribution is 8.21. The molecule has 4 nitrogen and oxygen atoms in total. The van der Waals surface area contributed by atoms with E-state index in [1.165, 1.54) is 30.8 Å². The van der Waals surface area contributed by atoms with Crippen LogP contribution >= 0.6 is 23.5 Å². The Labute approximate surface area is 198 Å². The number of carbonyl (C=O) groups is 2. The number of carbonyl (C=O) groups excluding carboxylic acids is 2. The average molecular weight is 468 g/mol. The Balaban J connectivity index is 1.18. The summed E-state index contributed by atoms with van der Waals surface area (Å²) in [6, 6.07) is 17.6. The van der Waals surface area contributed by atoms with E-state index in [4.69, 9.17) is 4.74 Å². The van der Waals surface area contributed by atoms with Gasteiger partial charge in [-0.15, -0.1) is 23.5 Å². The van der Waals surface area contributed by atoms with E-state index in [-0.39, 0.29) is 24.4 Å². The molecule has 0 aromatic heterocycles. The first-order valence-electron chi connectivity index (χ1n) is 11.5. The highest BCUT2D eigenvalue weighted by atomic mass is 32.2. The molecular weight excluding hydrogens is 438 g/mol. The fourth-order valence-corrected chi connectivity index (χ4v) is 9.64. The quantitative estimate of drug-likeness (QED) is 0.560. The minimum absolute atomic E-state index is 0.0675. The van der Waals surface area contributed by atoms with Crippen molar-refractivity contribution in [1.82, 2.24) is 0 Å². The highest BCUT2D eigenvalue weighted by Gasteiger charge is 2.55. The number of benzene rings is 2.